The van der Waals surface area contributed by atoms with Gasteiger partial charge in [-0.3, -0.25) is 9.59 Å². The first-order chi connectivity index (χ1) is 12.2. The third kappa shape index (κ3) is 4.60. The molecular weight excluding hydrogens is 314 g/mol. The van der Waals surface area contributed by atoms with Gasteiger partial charge >= 0.3 is 0 Å². The first-order valence-electron chi connectivity index (χ1n) is 9.45. The van der Waals surface area contributed by atoms with Crippen molar-refractivity contribution in [1.82, 2.24) is 15.1 Å². The lowest BCUT2D eigenvalue weighted by Crippen LogP contribution is -2.50. The van der Waals surface area contributed by atoms with E-state index in [1.165, 1.54) is 0 Å². The smallest absolute Gasteiger partial charge is 0.227 e. The monoisotopic (exact) mass is 343 g/mol. The predicted molar refractivity (Wildman–Crippen MR) is 98.1 cm³/mol. The SMILES string of the molecule is CNC1CCN(C(=O)C2CCCN(C(=O)Cc3ccccc3)C2)CC1. The summed E-state index contributed by atoms with van der Waals surface area (Å²) in [6, 6.07) is 10.4. The van der Waals surface area contributed by atoms with Crippen LogP contribution in [0, 0.1) is 5.92 Å². The molecule has 2 aliphatic rings. The van der Waals surface area contributed by atoms with Crippen molar-refractivity contribution in [3.05, 3.63) is 35.9 Å². The van der Waals surface area contributed by atoms with E-state index < -0.39 is 0 Å². The van der Waals surface area contributed by atoms with Crippen molar-refractivity contribution < 1.29 is 9.59 Å². The number of hydrogen-bond donors (Lipinski definition) is 1. The van der Waals surface area contributed by atoms with E-state index in [4.69, 9.17) is 0 Å². The molecule has 0 radical (unpaired) electrons. The van der Waals surface area contributed by atoms with Crippen molar-refractivity contribution in [1.29, 1.82) is 0 Å². The number of piperidine rings is 2. The third-order valence-corrected chi connectivity index (χ3v) is 5.54. The third-order valence-electron chi connectivity index (χ3n) is 5.54. The molecule has 2 saturated heterocycles. The summed E-state index contributed by atoms with van der Waals surface area (Å²) in [4.78, 5) is 29.3. The van der Waals surface area contributed by atoms with Gasteiger partial charge in [-0.25, -0.2) is 0 Å². The molecule has 1 N–H and O–H groups in total. The molecule has 2 aliphatic heterocycles. The molecule has 3 rings (SSSR count). The highest BCUT2D eigenvalue weighted by Gasteiger charge is 2.32. The van der Waals surface area contributed by atoms with Crippen LogP contribution >= 0.6 is 0 Å². The van der Waals surface area contributed by atoms with Crippen molar-refractivity contribution in [2.24, 2.45) is 5.92 Å². The van der Waals surface area contributed by atoms with Crippen LogP contribution in [0.3, 0.4) is 0 Å². The molecule has 25 heavy (non-hydrogen) atoms. The number of hydrogen-bond acceptors (Lipinski definition) is 3. The maximum Gasteiger partial charge on any atom is 0.227 e. The molecule has 2 amide bonds. The lowest BCUT2D eigenvalue weighted by molar-refractivity contribution is -0.141. The molecule has 0 saturated carbocycles. The van der Waals surface area contributed by atoms with Crippen molar-refractivity contribution >= 4 is 11.8 Å². The van der Waals surface area contributed by atoms with Crippen LogP contribution in [0.1, 0.15) is 31.2 Å². The van der Waals surface area contributed by atoms with Gasteiger partial charge in [0, 0.05) is 32.2 Å². The average molecular weight is 343 g/mol. The van der Waals surface area contributed by atoms with Gasteiger partial charge < -0.3 is 15.1 Å². The second-order valence-electron chi connectivity index (χ2n) is 7.23. The summed E-state index contributed by atoms with van der Waals surface area (Å²) in [5.74, 6) is 0.351. The minimum Gasteiger partial charge on any atom is -0.342 e. The number of nitrogens with zero attached hydrogens (tertiary/aromatic N) is 2. The van der Waals surface area contributed by atoms with E-state index in [0.717, 1.165) is 50.9 Å². The minimum absolute atomic E-state index is 0.0281. The van der Waals surface area contributed by atoms with Crippen LogP contribution in [-0.4, -0.2) is 60.9 Å². The predicted octanol–water partition coefficient (Wildman–Crippen LogP) is 1.68. The number of benzene rings is 1. The average Bonchev–Trinajstić information content (AvgIpc) is 2.68. The summed E-state index contributed by atoms with van der Waals surface area (Å²) in [7, 11) is 1.99. The van der Waals surface area contributed by atoms with Crippen LogP contribution in [0.15, 0.2) is 30.3 Å². The van der Waals surface area contributed by atoms with Crippen molar-refractivity contribution in [3.8, 4) is 0 Å². The Morgan fingerprint density at radius 2 is 1.76 bits per heavy atom. The number of likely N-dealkylation sites (tertiary alicyclic amines) is 2. The van der Waals surface area contributed by atoms with Crippen LogP contribution < -0.4 is 5.32 Å². The van der Waals surface area contributed by atoms with Crippen LogP contribution in [0.2, 0.25) is 0 Å². The van der Waals surface area contributed by atoms with Gasteiger partial charge in [0.25, 0.3) is 0 Å². The number of amides is 2. The molecule has 0 aromatic heterocycles. The number of carbonyl (C=O) groups excluding carboxylic acids is 2. The zero-order chi connectivity index (χ0) is 17.6. The van der Waals surface area contributed by atoms with Crippen LogP contribution in [-0.2, 0) is 16.0 Å². The summed E-state index contributed by atoms with van der Waals surface area (Å²) in [6.07, 6.45) is 4.29. The van der Waals surface area contributed by atoms with Crippen molar-refractivity contribution in [2.75, 3.05) is 33.2 Å². The van der Waals surface area contributed by atoms with Crippen LogP contribution in [0.5, 0.6) is 0 Å². The molecule has 0 aliphatic carbocycles. The highest BCUT2D eigenvalue weighted by atomic mass is 16.2. The fourth-order valence-corrected chi connectivity index (χ4v) is 3.93. The second kappa shape index (κ2) is 8.48. The Hall–Kier alpha value is -1.88. The van der Waals surface area contributed by atoms with E-state index in [1.807, 2.05) is 47.2 Å². The lowest BCUT2D eigenvalue weighted by Gasteiger charge is -2.38. The Morgan fingerprint density at radius 1 is 1.04 bits per heavy atom. The van der Waals surface area contributed by atoms with E-state index >= 15 is 0 Å². The second-order valence-corrected chi connectivity index (χ2v) is 7.23. The Balaban J connectivity index is 1.54. The minimum atomic E-state index is -0.0281. The topological polar surface area (TPSA) is 52.7 Å². The molecule has 2 heterocycles. The molecular formula is C20H29N3O2. The van der Waals surface area contributed by atoms with E-state index in [1.54, 1.807) is 0 Å². The molecule has 1 atom stereocenters. The molecule has 1 aromatic carbocycles. The normalized spacial score (nSPS) is 22.0. The fraction of sp³-hybridized carbons (Fsp3) is 0.600. The molecule has 5 nitrogen and oxygen atoms in total. The summed E-state index contributed by atoms with van der Waals surface area (Å²) < 4.78 is 0. The van der Waals surface area contributed by atoms with E-state index in [-0.39, 0.29) is 17.7 Å². The van der Waals surface area contributed by atoms with Crippen molar-refractivity contribution in [2.45, 2.75) is 38.1 Å². The first kappa shape index (κ1) is 17.9. The molecule has 0 spiro atoms. The van der Waals surface area contributed by atoms with Crippen molar-refractivity contribution in [3.63, 3.8) is 0 Å². The maximum absolute atomic E-state index is 12.8. The molecule has 1 aromatic rings. The summed E-state index contributed by atoms with van der Waals surface area (Å²) in [5.41, 5.74) is 1.04. The summed E-state index contributed by atoms with van der Waals surface area (Å²) in [5, 5.41) is 3.30. The number of rotatable bonds is 4. The Kier molecular flexibility index (Phi) is 6.08. The zero-order valence-electron chi connectivity index (χ0n) is 15.1. The maximum atomic E-state index is 12.8. The van der Waals surface area contributed by atoms with Crippen LogP contribution in [0.25, 0.3) is 0 Å². The van der Waals surface area contributed by atoms with Crippen LogP contribution in [0.4, 0.5) is 0 Å². The number of nitrogens with one attached hydrogen (secondary N) is 1. The molecule has 136 valence electrons. The van der Waals surface area contributed by atoms with Gasteiger partial charge in [-0.1, -0.05) is 30.3 Å². The zero-order valence-corrected chi connectivity index (χ0v) is 15.1. The lowest BCUT2D eigenvalue weighted by atomic mass is 9.94. The van der Waals surface area contributed by atoms with Gasteiger partial charge in [0.05, 0.1) is 12.3 Å². The standard InChI is InChI=1S/C20H29N3O2/c1-21-18-9-12-22(13-10-18)20(25)17-8-5-11-23(15-17)19(24)14-16-6-3-2-4-7-16/h2-4,6-7,17-18,21H,5,8-15H2,1H3. The Labute approximate surface area is 150 Å². The number of carbonyl (C=O) groups is 2. The van der Waals surface area contributed by atoms with Gasteiger partial charge in [0.2, 0.25) is 11.8 Å². The fourth-order valence-electron chi connectivity index (χ4n) is 3.93. The largest absolute Gasteiger partial charge is 0.342 e. The van der Waals surface area contributed by atoms with Gasteiger partial charge in [-0.2, -0.15) is 0 Å². The van der Waals surface area contributed by atoms with Gasteiger partial charge in [0.15, 0.2) is 0 Å². The summed E-state index contributed by atoms with van der Waals surface area (Å²) in [6.45, 7) is 3.02. The Morgan fingerprint density at radius 3 is 2.44 bits per heavy atom. The van der Waals surface area contributed by atoms with Gasteiger partial charge in [0.1, 0.15) is 0 Å². The van der Waals surface area contributed by atoms with E-state index in [9.17, 15) is 9.59 Å². The first-order valence-corrected chi connectivity index (χ1v) is 9.45. The molecule has 5 heteroatoms. The molecule has 1 unspecified atom stereocenters. The highest BCUT2D eigenvalue weighted by Crippen LogP contribution is 2.22. The van der Waals surface area contributed by atoms with Gasteiger partial charge in [-0.15, -0.1) is 0 Å². The van der Waals surface area contributed by atoms with E-state index in [2.05, 4.69) is 5.32 Å². The highest BCUT2D eigenvalue weighted by molar-refractivity contribution is 5.82. The van der Waals surface area contributed by atoms with E-state index in [0.29, 0.717) is 19.0 Å². The molecule has 0 bridgehead atoms. The summed E-state index contributed by atoms with van der Waals surface area (Å²) >= 11 is 0. The Bertz CT molecular complexity index is 582. The van der Waals surface area contributed by atoms with Gasteiger partial charge in [-0.05, 0) is 38.3 Å². The quantitative estimate of drug-likeness (QED) is 0.905. The molecule has 2 fully saturated rings.